The Morgan fingerprint density at radius 2 is 2.10 bits per heavy atom. The number of nitrogens with one attached hydrogen (secondary N) is 1. The summed E-state index contributed by atoms with van der Waals surface area (Å²) in [6, 6.07) is 6.65. The first-order chi connectivity index (χ1) is 14.5. The summed E-state index contributed by atoms with van der Waals surface area (Å²) < 4.78 is 1.67. The molecule has 0 bridgehead atoms. The van der Waals surface area contributed by atoms with Crippen molar-refractivity contribution in [2.24, 2.45) is 11.8 Å². The van der Waals surface area contributed by atoms with Crippen LogP contribution in [0.3, 0.4) is 0 Å². The van der Waals surface area contributed by atoms with Crippen molar-refractivity contribution in [1.82, 2.24) is 15.1 Å². The number of anilines is 1. The molecular formula is C25H34N4O. The molecule has 1 atom stereocenters. The van der Waals surface area contributed by atoms with E-state index in [0.717, 1.165) is 49.3 Å². The van der Waals surface area contributed by atoms with Crippen LogP contribution in [-0.4, -0.2) is 35.8 Å². The standard InChI is InChI=1S/C25H34N4O/c1-5-18(14-26-4)16-28(17(2)3)22-10-11-23-20(13-22)8-9-21-15-27-29(25(21)23)24(30)12-19-6-7-19/h10-11,13,15,18-19,26H,2,5-9,12,14,16H2,1,3-4H3. The fraction of sp³-hybridized carbons (Fsp3) is 0.520. The highest BCUT2D eigenvalue weighted by atomic mass is 16.2. The van der Waals surface area contributed by atoms with Crippen molar-refractivity contribution in [3.05, 3.63) is 47.8 Å². The van der Waals surface area contributed by atoms with Gasteiger partial charge in [0, 0.05) is 29.9 Å². The quantitative estimate of drug-likeness (QED) is 0.657. The summed E-state index contributed by atoms with van der Waals surface area (Å²) in [5.41, 5.74) is 6.91. The molecule has 1 saturated carbocycles. The van der Waals surface area contributed by atoms with Crippen LogP contribution in [-0.2, 0) is 12.8 Å². The summed E-state index contributed by atoms with van der Waals surface area (Å²) in [6.07, 6.45) is 7.91. The van der Waals surface area contributed by atoms with E-state index in [1.165, 1.54) is 29.7 Å². The number of fused-ring (bicyclic) bond motifs is 3. The number of aryl methyl sites for hydroxylation is 2. The van der Waals surface area contributed by atoms with E-state index in [1.807, 2.05) is 13.2 Å². The minimum absolute atomic E-state index is 0.136. The average molecular weight is 407 g/mol. The lowest BCUT2D eigenvalue weighted by atomic mass is 9.89. The van der Waals surface area contributed by atoms with Gasteiger partial charge in [-0.2, -0.15) is 9.78 Å². The van der Waals surface area contributed by atoms with Gasteiger partial charge < -0.3 is 10.2 Å². The third kappa shape index (κ3) is 4.22. The fourth-order valence-electron chi connectivity index (χ4n) is 4.52. The molecule has 0 amide bonds. The number of nitrogens with zero attached hydrogens (tertiary/aromatic N) is 3. The van der Waals surface area contributed by atoms with Gasteiger partial charge in [0.15, 0.2) is 0 Å². The molecule has 5 nitrogen and oxygen atoms in total. The highest BCUT2D eigenvalue weighted by Gasteiger charge is 2.29. The van der Waals surface area contributed by atoms with Gasteiger partial charge >= 0.3 is 0 Å². The Hall–Kier alpha value is -2.40. The molecule has 30 heavy (non-hydrogen) atoms. The van der Waals surface area contributed by atoms with Crippen LogP contribution in [0.5, 0.6) is 0 Å². The smallest absolute Gasteiger partial charge is 0.247 e. The molecule has 0 aliphatic heterocycles. The molecule has 0 radical (unpaired) electrons. The van der Waals surface area contributed by atoms with Crippen molar-refractivity contribution >= 4 is 11.6 Å². The van der Waals surface area contributed by atoms with E-state index in [0.29, 0.717) is 18.3 Å². The number of aromatic nitrogens is 2. The van der Waals surface area contributed by atoms with Crippen LogP contribution in [0.25, 0.3) is 11.3 Å². The maximum atomic E-state index is 12.8. The topological polar surface area (TPSA) is 50.2 Å². The van der Waals surface area contributed by atoms with E-state index in [-0.39, 0.29) is 5.91 Å². The van der Waals surface area contributed by atoms with Gasteiger partial charge in [-0.15, -0.1) is 0 Å². The summed E-state index contributed by atoms with van der Waals surface area (Å²) in [4.78, 5) is 15.1. The Kier molecular flexibility index (Phi) is 6.09. The largest absolute Gasteiger partial charge is 0.346 e. The van der Waals surface area contributed by atoms with Crippen LogP contribution in [0.2, 0.25) is 0 Å². The summed E-state index contributed by atoms with van der Waals surface area (Å²) in [7, 11) is 2.01. The fourth-order valence-corrected chi connectivity index (χ4v) is 4.52. The number of benzene rings is 1. The van der Waals surface area contributed by atoms with Crippen molar-refractivity contribution in [2.45, 2.75) is 52.4 Å². The van der Waals surface area contributed by atoms with Gasteiger partial charge in [-0.1, -0.05) is 26.0 Å². The van der Waals surface area contributed by atoms with Crippen LogP contribution in [0.15, 0.2) is 36.7 Å². The summed E-state index contributed by atoms with van der Waals surface area (Å²) >= 11 is 0. The zero-order valence-corrected chi connectivity index (χ0v) is 18.6. The van der Waals surface area contributed by atoms with Gasteiger partial charge in [-0.05, 0) is 81.3 Å². The van der Waals surface area contributed by atoms with Gasteiger partial charge in [0.1, 0.15) is 0 Å². The molecular weight excluding hydrogens is 372 g/mol. The summed E-state index contributed by atoms with van der Waals surface area (Å²) in [6.45, 7) is 10.5. The SMILES string of the molecule is C=C(C)N(CC(CC)CNC)c1ccc2c(c1)CCc1cnn(C(=O)CC3CC3)c1-2. The van der Waals surface area contributed by atoms with Gasteiger partial charge in [0.25, 0.3) is 0 Å². The molecule has 2 aliphatic carbocycles. The third-order valence-corrected chi connectivity index (χ3v) is 6.53. The number of carbonyl (C=O) groups is 1. The lowest BCUT2D eigenvalue weighted by Crippen LogP contribution is -2.32. The maximum absolute atomic E-state index is 12.8. The molecule has 1 N–H and O–H groups in total. The van der Waals surface area contributed by atoms with E-state index in [9.17, 15) is 4.79 Å². The first-order valence-electron chi connectivity index (χ1n) is 11.3. The highest BCUT2D eigenvalue weighted by molar-refractivity contribution is 5.86. The molecule has 0 saturated heterocycles. The van der Waals surface area contributed by atoms with Crippen molar-refractivity contribution in [3.63, 3.8) is 0 Å². The molecule has 2 aliphatic rings. The Morgan fingerprint density at radius 1 is 1.33 bits per heavy atom. The first-order valence-corrected chi connectivity index (χ1v) is 11.3. The molecule has 0 spiro atoms. The van der Waals surface area contributed by atoms with Gasteiger partial charge in [0.2, 0.25) is 5.91 Å². The summed E-state index contributed by atoms with van der Waals surface area (Å²) in [5.74, 6) is 1.27. The third-order valence-electron chi connectivity index (χ3n) is 6.53. The van der Waals surface area contributed by atoms with Gasteiger partial charge in [-0.25, -0.2) is 0 Å². The van der Waals surface area contributed by atoms with E-state index < -0.39 is 0 Å². The van der Waals surface area contributed by atoms with E-state index >= 15 is 0 Å². The van der Waals surface area contributed by atoms with Crippen LogP contribution in [0, 0.1) is 11.8 Å². The molecule has 1 aromatic carbocycles. The predicted molar refractivity (Wildman–Crippen MR) is 123 cm³/mol. The van der Waals surface area contributed by atoms with Crippen molar-refractivity contribution in [2.75, 3.05) is 25.0 Å². The number of allylic oxidation sites excluding steroid dienone is 1. The lowest BCUT2D eigenvalue weighted by Gasteiger charge is -2.30. The zero-order chi connectivity index (χ0) is 21.3. The molecule has 1 fully saturated rings. The normalized spacial score (nSPS) is 16.0. The average Bonchev–Trinajstić information content (AvgIpc) is 3.44. The van der Waals surface area contributed by atoms with Crippen LogP contribution in [0.1, 0.15) is 55.5 Å². The Labute approximate surface area is 180 Å². The van der Waals surface area contributed by atoms with Crippen molar-refractivity contribution in [3.8, 4) is 11.3 Å². The number of hydrogen-bond donors (Lipinski definition) is 1. The minimum Gasteiger partial charge on any atom is -0.346 e. The zero-order valence-electron chi connectivity index (χ0n) is 18.6. The Morgan fingerprint density at radius 3 is 2.77 bits per heavy atom. The van der Waals surface area contributed by atoms with Crippen molar-refractivity contribution in [1.29, 1.82) is 0 Å². The molecule has 4 rings (SSSR count). The number of hydrogen-bond acceptors (Lipinski definition) is 4. The monoisotopic (exact) mass is 406 g/mol. The lowest BCUT2D eigenvalue weighted by molar-refractivity contribution is 0.0882. The highest BCUT2D eigenvalue weighted by Crippen LogP contribution is 2.38. The molecule has 1 heterocycles. The van der Waals surface area contributed by atoms with Gasteiger partial charge in [-0.3, -0.25) is 4.79 Å². The maximum Gasteiger partial charge on any atom is 0.247 e. The van der Waals surface area contributed by atoms with Crippen LogP contribution in [0.4, 0.5) is 5.69 Å². The molecule has 1 unspecified atom stereocenters. The van der Waals surface area contributed by atoms with Crippen LogP contribution < -0.4 is 10.2 Å². The second-order valence-electron chi connectivity index (χ2n) is 8.99. The first kappa shape index (κ1) is 20.9. The molecule has 2 aromatic rings. The minimum atomic E-state index is 0.136. The molecule has 160 valence electrons. The Bertz CT molecular complexity index is 941. The van der Waals surface area contributed by atoms with Crippen molar-refractivity contribution < 1.29 is 4.79 Å². The summed E-state index contributed by atoms with van der Waals surface area (Å²) in [5, 5.41) is 7.78. The second kappa shape index (κ2) is 8.76. The Balaban J connectivity index is 1.63. The van der Waals surface area contributed by atoms with E-state index in [4.69, 9.17) is 0 Å². The van der Waals surface area contributed by atoms with E-state index in [2.05, 4.69) is 53.9 Å². The predicted octanol–water partition coefficient (Wildman–Crippen LogP) is 4.67. The second-order valence-corrected chi connectivity index (χ2v) is 8.99. The van der Waals surface area contributed by atoms with E-state index in [1.54, 1.807) is 4.68 Å². The number of rotatable bonds is 9. The molecule has 5 heteroatoms. The van der Waals surface area contributed by atoms with Gasteiger partial charge in [0.05, 0.1) is 11.9 Å². The molecule has 1 aromatic heterocycles. The van der Waals surface area contributed by atoms with Crippen LogP contribution >= 0.6 is 0 Å². The number of carbonyl (C=O) groups excluding carboxylic acids is 1.